The van der Waals surface area contributed by atoms with Gasteiger partial charge in [0, 0.05) is 36.3 Å². The number of carbonyl (C=O) groups excluding carboxylic acids is 2. The molecule has 2 aromatic rings. The molecule has 0 atom stereocenters. The van der Waals surface area contributed by atoms with E-state index in [1.54, 1.807) is 24.3 Å². The Morgan fingerprint density at radius 3 is 2.20 bits per heavy atom. The van der Waals surface area contributed by atoms with E-state index in [-0.39, 0.29) is 17.2 Å². The minimum Gasteiger partial charge on any atom is -0.379 e. The van der Waals surface area contributed by atoms with Gasteiger partial charge in [0.1, 0.15) is 0 Å². The summed E-state index contributed by atoms with van der Waals surface area (Å²) in [6, 6.07) is 16.2. The van der Waals surface area contributed by atoms with Crippen LogP contribution in [0.15, 0.2) is 54.6 Å². The molecule has 0 radical (unpaired) electrons. The molecule has 5 heteroatoms. The molecule has 4 rings (SSSR count). The average molecular weight is 407 g/mol. The first-order valence-corrected chi connectivity index (χ1v) is 11.0. The van der Waals surface area contributed by atoms with E-state index in [9.17, 15) is 9.59 Å². The van der Waals surface area contributed by atoms with Gasteiger partial charge in [-0.25, -0.2) is 0 Å². The second kappa shape index (κ2) is 9.54. The summed E-state index contributed by atoms with van der Waals surface area (Å²) in [4.78, 5) is 28.7. The second-order valence-electron chi connectivity index (χ2n) is 8.31. The Labute approximate surface area is 178 Å². The van der Waals surface area contributed by atoms with E-state index >= 15 is 0 Å². The van der Waals surface area contributed by atoms with Crippen molar-refractivity contribution < 1.29 is 14.3 Å². The monoisotopic (exact) mass is 406 g/mol. The maximum atomic E-state index is 13.2. The number of nitrogens with one attached hydrogen (secondary N) is 1. The molecule has 0 spiro atoms. The molecular weight excluding hydrogens is 376 g/mol. The Morgan fingerprint density at radius 1 is 0.867 bits per heavy atom. The topological polar surface area (TPSA) is 58.6 Å². The second-order valence-corrected chi connectivity index (χ2v) is 8.31. The summed E-state index contributed by atoms with van der Waals surface area (Å²) in [5.74, 6) is -0.296. The molecule has 0 bridgehead atoms. The third kappa shape index (κ3) is 4.47. The number of ketones is 1. The first-order chi connectivity index (χ1) is 14.7. The molecule has 1 amide bonds. The predicted molar refractivity (Wildman–Crippen MR) is 117 cm³/mol. The maximum absolute atomic E-state index is 13.2. The smallest absolute Gasteiger partial charge is 0.252 e. The Hall–Kier alpha value is -2.50. The number of carbonyl (C=O) groups is 2. The summed E-state index contributed by atoms with van der Waals surface area (Å²) in [6.45, 7) is 3.95. The lowest BCUT2D eigenvalue weighted by Gasteiger charge is -2.48. The van der Waals surface area contributed by atoms with Gasteiger partial charge in [0.15, 0.2) is 5.78 Å². The van der Waals surface area contributed by atoms with Gasteiger partial charge in [-0.1, -0.05) is 67.8 Å². The molecule has 30 heavy (non-hydrogen) atoms. The molecule has 2 aromatic carbocycles. The predicted octanol–water partition coefficient (Wildman–Crippen LogP) is 3.68. The lowest BCUT2D eigenvalue weighted by molar-refractivity contribution is -0.0361. The molecule has 2 aliphatic rings. The molecule has 2 fully saturated rings. The van der Waals surface area contributed by atoms with E-state index in [1.165, 1.54) is 19.3 Å². The van der Waals surface area contributed by atoms with Gasteiger partial charge < -0.3 is 10.1 Å². The largest absolute Gasteiger partial charge is 0.379 e. The highest BCUT2D eigenvalue weighted by Gasteiger charge is 2.39. The zero-order chi connectivity index (χ0) is 20.8. The van der Waals surface area contributed by atoms with Crippen LogP contribution in [0.3, 0.4) is 0 Å². The summed E-state index contributed by atoms with van der Waals surface area (Å²) >= 11 is 0. The summed E-state index contributed by atoms with van der Waals surface area (Å²) in [6.07, 6.45) is 5.83. The maximum Gasteiger partial charge on any atom is 0.252 e. The number of morpholine rings is 1. The zero-order valence-corrected chi connectivity index (χ0v) is 17.4. The molecular formula is C25H30N2O3. The summed E-state index contributed by atoms with van der Waals surface area (Å²) in [5, 5.41) is 3.18. The first-order valence-electron chi connectivity index (χ1n) is 11.0. The molecule has 1 heterocycles. The molecule has 0 unspecified atom stereocenters. The average Bonchev–Trinajstić information content (AvgIpc) is 2.84. The van der Waals surface area contributed by atoms with Gasteiger partial charge >= 0.3 is 0 Å². The standard InChI is InChI=1S/C25H30N2O3/c28-23(20-9-3-1-4-10-20)21-11-5-6-12-22(21)24(29)26-19-25(13-7-2-8-14-25)27-15-17-30-18-16-27/h1,3-6,9-12H,2,7-8,13-19H2,(H,26,29). The van der Waals surface area contributed by atoms with Crippen molar-refractivity contribution in [3.05, 3.63) is 71.3 Å². The number of ether oxygens (including phenoxy) is 1. The molecule has 0 aromatic heterocycles. The third-order valence-corrected chi connectivity index (χ3v) is 6.50. The SMILES string of the molecule is O=C(NCC1(N2CCOCC2)CCCCC1)c1ccccc1C(=O)c1ccccc1. The summed E-state index contributed by atoms with van der Waals surface area (Å²) in [5.41, 5.74) is 1.48. The van der Waals surface area contributed by atoms with Crippen LogP contribution >= 0.6 is 0 Å². The van der Waals surface area contributed by atoms with Crippen molar-refractivity contribution in [3.63, 3.8) is 0 Å². The van der Waals surface area contributed by atoms with E-state index in [0.717, 1.165) is 39.1 Å². The van der Waals surface area contributed by atoms with Crippen molar-refractivity contribution in [2.24, 2.45) is 0 Å². The number of hydrogen-bond acceptors (Lipinski definition) is 4. The molecule has 1 aliphatic carbocycles. The van der Waals surface area contributed by atoms with Crippen LogP contribution in [0.25, 0.3) is 0 Å². The van der Waals surface area contributed by atoms with Crippen LogP contribution in [0.1, 0.15) is 58.4 Å². The van der Waals surface area contributed by atoms with Crippen molar-refractivity contribution in [2.45, 2.75) is 37.6 Å². The van der Waals surface area contributed by atoms with Crippen molar-refractivity contribution >= 4 is 11.7 Å². The number of nitrogens with zero attached hydrogens (tertiary/aromatic N) is 1. The van der Waals surface area contributed by atoms with Gasteiger partial charge in [-0.05, 0) is 18.9 Å². The van der Waals surface area contributed by atoms with Gasteiger partial charge in [0.05, 0.1) is 18.8 Å². The Kier molecular flexibility index (Phi) is 6.60. The van der Waals surface area contributed by atoms with Gasteiger partial charge in [0.25, 0.3) is 5.91 Å². The Bertz CT molecular complexity index is 869. The van der Waals surface area contributed by atoms with Crippen LogP contribution in [0.5, 0.6) is 0 Å². The fraction of sp³-hybridized carbons (Fsp3) is 0.440. The quantitative estimate of drug-likeness (QED) is 0.744. The van der Waals surface area contributed by atoms with Gasteiger partial charge in [0.2, 0.25) is 0 Å². The normalized spacial score (nSPS) is 19.2. The molecule has 1 aliphatic heterocycles. The van der Waals surface area contributed by atoms with E-state index in [2.05, 4.69) is 10.2 Å². The summed E-state index contributed by atoms with van der Waals surface area (Å²) < 4.78 is 5.55. The molecule has 1 saturated carbocycles. The number of amides is 1. The highest BCUT2D eigenvalue weighted by molar-refractivity contribution is 6.15. The van der Waals surface area contributed by atoms with Crippen LogP contribution in [0.2, 0.25) is 0 Å². The van der Waals surface area contributed by atoms with Crippen molar-refractivity contribution in [1.29, 1.82) is 0 Å². The van der Waals surface area contributed by atoms with Gasteiger partial charge in [-0.3, -0.25) is 14.5 Å². The number of rotatable bonds is 6. The van der Waals surface area contributed by atoms with Gasteiger partial charge in [-0.2, -0.15) is 0 Å². The highest BCUT2D eigenvalue weighted by Crippen LogP contribution is 2.34. The van der Waals surface area contributed by atoms with Gasteiger partial charge in [-0.15, -0.1) is 0 Å². The van der Waals surface area contributed by atoms with E-state index in [1.807, 2.05) is 30.3 Å². The molecule has 158 valence electrons. The van der Waals surface area contributed by atoms with Crippen LogP contribution in [0, 0.1) is 0 Å². The number of benzene rings is 2. The minimum atomic E-state index is -0.173. The lowest BCUT2D eigenvalue weighted by atomic mass is 9.79. The molecule has 1 saturated heterocycles. The fourth-order valence-corrected chi connectivity index (χ4v) is 4.82. The van der Waals surface area contributed by atoms with Crippen LogP contribution < -0.4 is 5.32 Å². The summed E-state index contributed by atoms with van der Waals surface area (Å²) in [7, 11) is 0. The van der Waals surface area contributed by atoms with Crippen LogP contribution in [0.4, 0.5) is 0 Å². The van der Waals surface area contributed by atoms with Crippen molar-refractivity contribution in [1.82, 2.24) is 10.2 Å². The van der Waals surface area contributed by atoms with Crippen molar-refractivity contribution in [3.8, 4) is 0 Å². The Balaban J connectivity index is 1.51. The lowest BCUT2D eigenvalue weighted by Crippen LogP contribution is -2.59. The van der Waals surface area contributed by atoms with Crippen LogP contribution in [-0.4, -0.2) is 55.0 Å². The number of hydrogen-bond donors (Lipinski definition) is 1. The van der Waals surface area contributed by atoms with E-state index < -0.39 is 0 Å². The molecule has 1 N–H and O–H groups in total. The molecule has 5 nitrogen and oxygen atoms in total. The first kappa shape index (κ1) is 20.8. The van der Waals surface area contributed by atoms with E-state index in [4.69, 9.17) is 4.74 Å². The van der Waals surface area contributed by atoms with Crippen molar-refractivity contribution in [2.75, 3.05) is 32.8 Å². The third-order valence-electron chi connectivity index (χ3n) is 6.50. The zero-order valence-electron chi connectivity index (χ0n) is 17.4. The van der Waals surface area contributed by atoms with E-state index in [0.29, 0.717) is 23.2 Å². The van der Waals surface area contributed by atoms with Crippen LogP contribution in [-0.2, 0) is 4.74 Å². The fourth-order valence-electron chi connectivity index (χ4n) is 4.82. The highest BCUT2D eigenvalue weighted by atomic mass is 16.5. The Morgan fingerprint density at radius 2 is 1.50 bits per heavy atom. The minimum absolute atomic E-state index is 0.00390.